The van der Waals surface area contributed by atoms with Crippen LogP contribution in [-0.2, 0) is 20.6 Å². The lowest BCUT2D eigenvalue weighted by atomic mass is 10.0. The summed E-state index contributed by atoms with van der Waals surface area (Å²) in [6, 6.07) is 5.85. The van der Waals surface area contributed by atoms with Crippen molar-refractivity contribution in [2.75, 3.05) is 33.4 Å². The van der Waals surface area contributed by atoms with Crippen LogP contribution >= 0.6 is 0 Å². The monoisotopic (exact) mass is 472 g/mol. The van der Waals surface area contributed by atoms with Gasteiger partial charge in [0.05, 0.1) is 49.9 Å². The molecule has 1 aliphatic heterocycles. The summed E-state index contributed by atoms with van der Waals surface area (Å²) in [4.78, 5) is 18.1. The van der Waals surface area contributed by atoms with Crippen LogP contribution in [0.15, 0.2) is 30.5 Å². The molecule has 0 saturated carbocycles. The number of nitrogens with one attached hydrogen (secondary N) is 1. The summed E-state index contributed by atoms with van der Waals surface area (Å²) in [5.41, 5.74) is 1.90. The van der Waals surface area contributed by atoms with Crippen molar-refractivity contribution in [3.8, 4) is 11.3 Å². The molecule has 0 bridgehead atoms. The molecule has 1 atom stereocenters. The summed E-state index contributed by atoms with van der Waals surface area (Å²) in [5, 5.41) is 7.86. The molecule has 34 heavy (non-hydrogen) atoms. The minimum atomic E-state index is -0.846. The van der Waals surface area contributed by atoms with Crippen LogP contribution in [0.1, 0.15) is 23.7 Å². The fourth-order valence-corrected chi connectivity index (χ4v) is 4.10. The van der Waals surface area contributed by atoms with Crippen LogP contribution < -0.4 is 0 Å². The molecule has 0 aliphatic carbocycles. The maximum Gasteiger partial charge on any atom is 0.409 e. The van der Waals surface area contributed by atoms with Gasteiger partial charge in [0.15, 0.2) is 0 Å². The van der Waals surface area contributed by atoms with Gasteiger partial charge in [-0.2, -0.15) is 0 Å². The molecule has 1 aliphatic rings. The maximum atomic E-state index is 15.2. The summed E-state index contributed by atoms with van der Waals surface area (Å²) < 4.78 is 48.0. The second-order valence-corrected chi connectivity index (χ2v) is 8.03. The van der Waals surface area contributed by atoms with Crippen molar-refractivity contribution in [1.82, 2.24) is 14.3 Å². The Morgan fingerprint density at radius 1 is 1.29 bits per heavy atom. The standard InChI is InChI=1S/C24H26F2N4O4/c1-4-33-23(27)15-10-17(25)21(18(26)11-15)22-19(30-6-5-14(2)9-20(30)28-22)12-16-13-29(7-8-34-16)24(31)32-3/h5-6,9-11,16,27H,4,7-8,12-13H2,1-3H3/t16-/m0/s1. The number of aryl methyl sites for hydroxylation is 1. The van der Waals surface area contributed by atoms with Crippen LogP contribution in [0.3, 0.4) is 0 Å². The fourth-order valence-electron chi connectivity index (χ4n) is 4.10. The number of rotatable bonds is 5. The van der Waals surface area contributed by atoms with Crippen molar-refractivity contribution >= 4 is 17.6 Å². The number of hydrogen-bond donors (Lipinski definition) is 1. The second kappa shape index (κ2) is 9.76. The van der Waals surface area contributed by atoms with Gasteiger partial charge >= 0.3 is 6.09 Å². The largest absolute Gasteiger partial charge is 0.478 e. The van der Waals surface area contributed by atoms with Gasteiger partial charge in [-0.05, 0) is 43.7 Å². The number of aromatic nitrogens is 2. The van der Waals surface area contributed by atoms with E-state index in [4.69, 9.17) is 19.6 Å². The molecule has 3 aromatic rings. The number of carbonyl (C=O) groups excluding carboxylic acids is 1. The summed E-state index contributed by atoms with van der Waals surface area (Å²) >= 11 is 0. The van der Waals surface area contributed by atoms with Crippen LogP contribution in [0.4, 0.5) is 13.6 Å². The highest BCUT2D eigenvalue weighted by atomic mass is 19.1. The normalized spacial score (nSPS) is 16.0. The molecule has 0 radical (unpaired) electrons. The fraction of sp³-hybridized carbons (Fsp3) is 0.375. The molecule has 8 nitrogen and oxygen atoms in total. The first-order valence-electron chi connectivity index (χ1n) is 11.0. The molecule has 0 unspecified atom stereocenters. The lowest BCUT2D eigenvalue weighted by Crippen LogP contribution is -2.46. The first-order chi connectivity index (χ1) is 16.3. The Bertz CT molecular complexity index is 1220. The average molecular weight is 472 g/mol. The Hall–Kier alpha value is -3.53. The maximum absolute atomic E-state index is 15.2. The van der Waals surface area contributed by atoms with Crippen molar-refractivity contribution in [2.45, 2.75) is 26.4 Å². The zero-order chi connectivity index (χ0) is 24.4. The highest BCUT2D eigenvalue weighted by molar-refractivity contribution is 5.92. The van der Waals surface area contributed by atoms with Gasteiger partial charge in [-0.1, -0.05) is 0 Å². The number of nitrogens with zero attached hydrogens (tertiary/aromatic N) is 3. The predicted octanol–water partition coefficient (Wildman–Crippen LogP) is 3.96. The quantitative estimate of drug-likeness (QED) is 0.449. The van der Waals surface area contributed by atoms with E-state index in [0.29, 0.717) is 24.5 Å². The van der Waals surface area contributed by atoms with Gasteiger partial charge in [-0.3, -0.25) is 5.41 Å². The van der Waals surface area contributed by atoms with E-state index in [0.717, 1.165) is 17.7 Å². The number of ether oxygens (including phenoxy) is 3. The van der Waals surface area contributed by atoms with Crippen molar-refractivity contribution in [3.63, 3.8) is 0 Å². The average Bonchev–Trinajstić information content (AvgIpc) is 3.15. The SMILES string of the molecule is CCOC(=N)c1cc(F)c(-c2nc3cc(C)ccn3c2C[C@H]2CN(C(=O)OC)CCO2)c(F)c1. The summed E-state index contributed by atoms with van der Waals surface area (Å²) in [6.07, 6.45) is 1.20. The van der Waals surface area contributed by atoms with E-state index in [1.807, 2.05) is 19.1 Å². The van der Waals surface area contributed by atoms with Gasteiger partial charge in [-0.15, -0.1) is 0 Å². The van der Waals surface area contributed by atoms with E-state index in [1.54, 1.807) is 17.5 Å². The van der Waals surface area contributed by atoms with Crippen molar-refractivity contribution < 1.29 is 27.8 Å². The van der Waals surface area contributed by atoms with E-state index in [2.05, 4.69) is 4.98 Å². The minimum Gasteiger partial charge on any atom is -0.478 e. The molecule has 2 aromatic heterocycles. The van der Waals surface area contributed by atoms with Crippen LogP contribution in [0.5, 0.6) is 0 Å². The third-order valence-corrected chi connectivity index (χ3v) is 5.70. The Balaban J connectivity index is 1.77. The molecule has 10 heteroatoms. The number of methoxy groups -OCH3 is 1. The summed E-state index contributed by atoms with van der Waals surface area (Å²) in [7, 11) is 1.32. The van der Waals surface area contributed by atoms with Crippen LogP contribution in [0, 0.1) is 24.0 Å². The first kappa shape index (κ1) is 23.6. The Morgan fingerprint density at radius 2 is 2.03 bits per heavy atom. The number of halogens is 2. The molecule has 180 valence electrons. The topological polar surface area (TPSA) is 89.2 Å². The molecule has 3 heterocycles. The number of pyridine rings is 1. The second-order valence-electron chi connectivity index (χ2n) is 8.03. The number of benzene rings is 1. The number of carbonyl (C=O) groups is 1. The van der Waals surface area contributed by atoms with E-state index in [-0.39, 0.29) is 42.3 Å². The van der Waals surface area contributed by atoms with Gasteiger partial charge in [0, 0.05) is 24.7 Å². The van der Waals surface area contributed by atoms with Crippen LogP contribution in [0.2, 0.25) is 0 Å². The van der Waals surface area contributed by atoms with Gasteiger partial charge < -0.3 is 23.5 Å². The molecule has 1 saturated heterocycles. The number of hydrogen-bond acceptors (Lipinski definition) is 6. The van der Waals surface area contributed by atoms with Crippen molar-refractivity contribution in [3.05, 3.63) is 58.9 Å². The Kier molecular flexibility index (Phi) is 6.78. The minimum absolute atomic E-state index is 0.00564. The van der Waals surface area contributed by atoms with Crippen molar-refractivity contribution in [1.29, 1.82) is 5.41 Å². The summed E-state index contributed by atoms with van der Waals surface area (Å²) in [6.45, 7) is 4.81. The van der Waals surface area contributed by atoms with Crippen LogP contribution in [-0.4, -0.2) is 65.8 Å². The number of imidazole rings is 1. The van der Waals surface area contributed by atoms with E-state index >= 15 is 8.78 Å². The van der Waals surface area contributed by atoms with Gasteiger partial charge in [0.2, 0.25) is 5.90 Å². The molecule has 1 aromatic carbocycles. The highest BCUT2D eigenvalue weighted by Gasteiger charge is 2.29. The number of amides is 1. The smallest absolute Gasteiger partial charge is 0.409 e. The number of morpholine rings is 1. The van der Waals surface area contributed by atoms with Gasteiger partial charge in [-0.25, -0.2) is 18.6 Å². The Morgan fingerprint density at radius 3 is 2.71 bits per heavy atom. The Labute approximate surface area is 195 Å². The molecule has 1 fully saturated rings. The molecular weight excluding hydrogens is 446 g/mol. The van der Waals surface area contributed by atoms with E-state index < -0.39 is 23.8 Å². The molecule has 0 spiro atoms. The summed E-state index contributed by atoms with van der Waals surface area (Å²) in [5.74, 6) is -2.00. The van der Waals surface area contributed by atoms with Gasteiger partial charge in [0.1, 0.15) is 17.3 Å². The lowest BCUT2D eigenvalue weighted by Gasteiger charge is -2.32. The van der Waals surface area contributed by atoms with E-state index in [9.17, 15) is 4.79 Å². The van der Waals surface area contributed by atoms with Gasteiger partial charge in [0.25, 0.3) is 0 Å². The van der Waals surface area contributed by atoms with Crippen molar-refractivity contribution in [2.24, 2.45) is 0 Å². The molecule has 1 N–H and O–H groups in total. The van der Waals surface area contributed by atoms with E-state index in [1.165, 1.54) is 12.0 Å². The molecule has 4 rings (SSSR count). The zero-order valence-corrected chi connectivity index (χ0v) is 19.2. The molecule has 1 amide bonds. The predicted molar refractivity (Wildman–Crippen MR) is 121 cm³/mol. The number of fused-ring (bicyclic) bond motifs is 1. The highest BCUT2D eigenvalue weighted by Crippen LogP contribution is 2.32. The first-order valence-corrected chi connectivity index (χ1v) is 11.0. The molecular formula is C24H26F2N4O4. The third kappa shape index (κ3) is 4.58. The lowest BCUT2D eigenvalue weighted by molar-refractivity contribution is -0.0241. The zero-order valence-electron chi connectivity index (χ0n) is 19.2. The van der Waals surface area contributed by atoms with Crippen LogP contribution in [0.25, 0.3) is 16.9 Å². The third-order valence-electron chi connectivity index (χ3n) is 5.70.